The van der Waals surface area contributed by atoms with Gasteiger partial charge in [-0.25, -0.2) is 4.39 Å². The van der Waals surface area contributed by atoms with Gasteiger partial charge in [-0.1, -0.05) is 30.3 Å². The van der Waals surface area contributed by atoms with Crippen molar-refractivity contribution >= 4 is 0 Å². The lowest BCUT2D eigenvalue weighted by molar-refractivity contribution is -0.0559. The Kier molecular flexibility index (Phi) is 6.60. The summed E-state index contributed by atoms with van der Waals surface area (Å²) in [6, 6.07) is 20.5. The number of hydrogen-bond acceptors (Lipinski definition) is 4. The van der Waals surface area contributed by atoms with Gasteiger partial charge in [-0.3, -0.25) is 9.88 Å². The highest BCUT2D eigenvalue weighted by Crippen LogP contribution is 2.47. The van der Waals surface area contributed by atoms with E-state index in [-0.39, 0.29) is 17.3 Å². The largest absolute Gasteiger partial charge is 0.390 e. The van der Waals surface area contributed by atoms with Crippen molar-refractivity contribution in [2.75, 3.05) is 13.1 Å². The molecule has 5 heteroatoms. The van der Waals surface area contributed by atoms with Crippen LogP contribution in [0.5, 0.6) is 0 Å². The van der Waals surface area contributed by atoms with Gasteiger partial charge in [0, 0.05) is 24.4 Å². The smallest absolute Gasteiger partial charge is 0.123 e. The summed E-state index contributed by atoms with van der Waals surface area (Å²) in [5.74, 6) is -0.252. The lowest BCUT2D eigenvalue weighted by Crippen LogP contribution is -2.46. The first-order chi connectivity index (χ1) is 15.8. The molecule has 0 saturated carbocycles. The minimum atomic E-state index is -0.864. The topological polar surface area (TPSA) is 60.1 Å². The maximum atomic E-state index is 13.6. The van der Waals surface area contributed by atoms with Crippen LogP contribution in [0.1, 0.15) is 55.0 Å². The number of aliphatic hydroxyl groups is 1. The SMILES string of the molecule is CC(C)(O)[C@@]1(CCc2ccc(C#N)cc2)CCN(C(c2ccc(F)cc2)c2cccnc2)C1. The third-order valence-electron chi connectivity index (χ3n) is 7.21. The Bertz CT molecular complexity index is 1100. The van der Waals surface area contributed by atoms with Gasteiger partial charge in [-0.2, -0.15) is 5.26 Å². The van der Waals surface area contributed by atoms with E-state index in [1.807, 2.05) is 62.5 Å². The first-order valence-corrected chi connectivity index (χ1v) is 11.4. The van der Waals surface area contributed by atoms with E-state index < -0.39 is 5.60 Å². The summed E-state index contributed by atoms with van der Waals surface area (Å²) in [7, 11) is 0. The van der Waals surface area contributed by atoms with Crippen LogP contribution in [-0.2, 0) is 6.42 Å². The van der Waals surface area contributed by atoms with Crippen molar-refractivity contribution in [3.05, 3.63) is 101 Å². The van der Waals surface area contributed by atoms with Crippen molar-refractivity contribution < 1.29 is 9.50 Å². The molecule has 0 aliphatic carbocycles. The van der Waals surface area contributed by atoms with E-state index in [1.165, 1.54) is 17.7 Å². The molecule has 2 atom stereocenters. The Morgan fingerprint density at radius 1 is 1.12 bits per heavy atom. The number of nitrogens with zero attached hydrogens (tertiary/aromatic N) is 3. The van der Waals surface area contributed by atoms with E-state index in [0.29, 0.717) is 5.56 Å². The van der Waals surface area contributed by atoms with Crippen molar-refractivity contribution in [3.63, 3.8) is 0 Å². The maximum absolute atomic E-state index is 13.6. The van der Waals surface area contributed by atoms with E-state index in [0.717, 1.165) is 43.5 Å². The Hall–Kier alpha value is -3.07. The molecule has 1 aliphatic rings. The number of likely N-dealkylation sites (tertiary alicyclic amines) is 1. The molecule has 2 heterocycles. The lowest BCUT2D eigenvalue weighted by atomic mass is 9.69. The molecule has 0 amide bonds. The average Bonchev–Trinajstić information content (AvgIpc) is 3.26. The quantitative estimate of drug-likeness (QED) is 0.540. The first kappa shape index (κ1) is 23.1. The highest BCUT2D eigenvalue weighted by Gasteiger charge is 2.49. The monoisotopic (exact) mass is 443 g/mol. The van der Waals surface area contributed by atoms with Crippen molar-refractivity contribution in [2.24, 2.45) is 5.41 Å². The van der Waals surface area contributed by atoms with Crippen LogP contribution in [0.2, 0.25) is 0 Å². The summed E-state index contributed by atoms with van der Waals surface area (Å²) in [6.45, 7) is 5.37. The van der Waals surface area contributed by atoms with Crippen molar-refractivity contribution in [1.29, 1.82) is 5.26 Å². The molecule has 2 aromatic carbocycles. The number of rotatable bonds is 7. The summed E-state index contributed by atoms with van der Waals surface area (Å²) < 4.78 is 13.6. The van der Waals surface area contributed by atoms with Crippen LogP contribution in [0.25, 0.3) is 0 Å². The predicted molar refractivity (Wildman–Crippen MR) is 127 cm³/mol. The van der Waals surface area contributed by atoms with Gasteiger partial charge >= 0.3 is 0 Å². The Labute approximate surface area is 195 Å². The van der Waals surface area contributed by atoms with Gasteiger partial charge in [0.05, 0.1) is 23.3 Å². The van der Waals surface area contributed by atoms with Gasteiger partial charge in [-0.05, 0) is 86.7 Å². The second-order valence-electron chi connectivity index (χ2n) is 9.61. The second-order valence-corrected chi connectivity index (χ2v) is 9.61. The Morgan fingerprint density at radius 2 is 1.85 bits per heavy atom. The zero-order valence-electron chi connectivity index (χ0n) is 19.2. The summed E-state index contributed by atoms with van der Waals surface area (Å²) in [4.78, 5) is 6.71. The van der Waals surface area contributed by atoms with Crippen LogP contribution in [0, 0.1) is 22.6 Å². The Morgan fingerprint density at radius 3 is 2.45 bits per heavy atom. The van der Waals surface area contributed by atoms with Crippen LogP contribution < -0.4 is 0 Å². The fourth-order valence-electron chi connectivity index (χ4n) is 5.06. The van der Waals surface area contributed by atoms with E-state index in [2.05, 4.69) is 22.0 Å². The minimum absolute atomic E-state index is 0.0570. The number of hydrogen-bond donors (Lipinski definition) is 1. The number of nitriles is 1. The first-order valence-electron chi connectivity index (χ1n) is 11.4. The lowest BCUT2D eigenvalue weighted by Gasteiger charge is -2.42. The molecule has 1 saturated heterocycles. The molecule has 4 rings (SSSR count). The van der Waals surface area contributed by atoms with Crippen LogP contribution in [0.15, 0.2) is 73.1 Å². The molecular formula is C28H30FN3O. The molecule has 0 bridgehead atoms. The molecule has 1 aromatic heterocycles. The third kappa shape index (κ3) is 4.98. The average molecular weight is 444 g/mol. The summed E-state index contributed by atoms with van der Waals surface area (Å²) in [6.07, 6.45) is 6.16. The normalized spacial score (nSPS) is 19.8. The summed E-state index contributed by atoms with van der Waals surface area (Å²) in [5.41, 5.74) is 2.74. The van der Waals surface area contributed by atoms with Crippen LogP contribution in [-0.4, -0.2) is 33.7 Å². The summed E-state index contributed by atoms with van der Waals surface area (Å²) in [5, 5.41) is 20.3. The van der Waals surface area contributed by atoms with Crippen LogP contribution >= 0.6 is 0 Å². The molecule has 3 aromatic rings. The molecule has 1 aliphatic heterocycles. The van der Waals surface area contributed by atoms with Gasteiger partial charge in [0.25, 0.3) is 0 Å². The van der Waals surface area contributed by atoms with Crippen molar-refractivity contribution in [2.45, 2.75) is 44.8 Å². The van der Waals surface area contributed by atoms with Crippen LogP contribution in [0.4, 0.5) is 4.39 Å². The van der Waals surface area contributed by atoms with Crippen molar-refractivity contribution in [1.82, 2.24) is 9.88 Å². The number of benzene rings is 2. The molecule has 170 valence electrons. The summed E-state index contributed by atoms with van der Waals surface area (Å²) >= 11 is 0. The third-order valence-corrected chi connectivity index (χ3v) is 7.21. The number of pyridine rings is 1. The van der Waals surface area contributed by atoms with E-state index in [4.69, 9.17) is 5.26 Å². The number of halogens is 1. The standard InChI is InChI=1S/C28H30FN3O/c1-27(2,33)28(14-13-21-5-7-22(18-30)8-6-21)15-17-32(20-28)26(24-4-3-16-31-19-24)23-9-11-25(29)12-10-23/h3-12,16,19,26,33H,13-15,17,20H2,1-2H3/t26?,28-/m0/s1. The van der Waals surface area contributed by atoms with Gasteiger partial charge in [0.15, 0.2) is 0 Å². The second kappa shape index (κ2) is 9.43. The zero-order chi connectivity index (χ0) is 23.5. The van der Waals surface area contributed by atoms with E-state index >= 15 is 0 Å². The molecule has 0 spiro atoms. The van der Waals surface area contributed by atoms with Gasteiger partial charge < -0.3 is 5.11 Å². The fourth-order valence-corrected chi connectivity index (χ4v) is 5.06. The molecule has 4 nitrogen and oxygen atoms in total. The highest BCUT2D eigenvalue weighted by atomic mass is 19.1. The zero-order valence-corrected chi connectivity index (χ0v) is 19.2. The van der Waals surface area contributed by atoms with E-state index in [1.54, 1.807) is 6.20 Å². The minimum Gasteiger partial charge on any atom is -0.390 e. The molecule has 1 fully saturated rings. The van der Waals surface area contributed by atoms with Crippen molar-refractivity contribution in [3.8, 4) is 6.07 Å². The maximum Gasteiger partial charge on any atom is 0.123 e. The molecule has 33 heavy (non-hydrogen) atoms. The van der Waals surface area contributed by atoms with Gasteiger partial charge in [-0.15, -0.1) is 0 Å². The molecule has 0 radical (unpaired) electrons. The fraction of sp³-hybridized carbons (Fsp3) is 0.357. The number of aryl methyl sites for hydroxylation is 1. The highest BCUT2D eigenvalue weighted by molar-refractivity contribution is 5.33. The number of aromatic nitrogens is 1. The molecular weight excluding hydrogens is 413 g/mol. The van der Waals surface area contributed by atoms with Gasteiger partial charge in [0.1, 0.15) is 5.82 Å². The Balaban J connectivity index is 1.61. The predicted octanol–water partition coefficient (Wildman–Crippen LogP) is 5.28. The molecule has 1 N–H and O–H groups in total. The van der Waals surface area contributed by atoms with Gasteiger partial charge in [0.2, 0.25) is 0 Å². The van der Waals surface area contributed by atoms with Crippen LogP contribution in [0.3, 0.4) is 0 Å². The molecule has 1 unspecified atom stereocenters. The van der Waals surface area contributed by atoms with E-state index in [9.17, 15) is 9.50 Å².